The third kappa shape index (κ3) is 7.59. The predicted molar refractivity (Wildman–Crippen MR) is 101 cm³/mol. The van der Waals surface area contributed by atoms with Gasteiger partial charge in [0.1, 0.15) is 0 Å². The maximum Gasteiger partial charge on any atom is 0.0571 e. The van der Waals surface area contributed by atoms with E-state index in [9.17, 15) is 0 Å². The van der Waals surface area contributed by atoms with Crippen LogP contribution in [0.25, 0.3) is 0 Å². The van der Waals surface area contributed by atoms with Crippen LogP contribution in [0.5, 0.6) is 0 Å². The summed E-state index contributed by atoms with van der Waals surface area (Å²) in [5.41, 5.74) is 0. The first-order valence-electron chi connectivity index (χ1n) is 10.8. The number of methoxy groups -OCH3 is 1. The van der Waals surface area contributed by atoms with Gasteiger partial charge < -0.3 is 4.74 Å². The van der Waals surface area contributed by atoms with Gasteiger partial charge in [0.15, 0.2) is 0 Å². The maximum atomic E-state index is 5.50. The summed E-state index contributed by atoms with van der Waals surface area (Å²) in [5.74, 6) is 3.15. The molecule has 0 amide bonds. The van der Waals surface area contributed by atoms with Crippen molar-refractivity contribution in [1.82, 2.24) is 0 Å². The van der Waals surface area contributed by atoms with E-state index in [4.69, 9.17) is 4.74 Å². The van der Waals surface area contributed by atoms with Crippen LogP contribution in [0.4, 0.5) is 0 Å². The Labute approximate surface area is 146 Å². The van der Waals surface area contributed by atoms with Crippen molar-refractivity contribution in [3.63, 3.8) is 0 Å². The van der Waals surface area contributed by atoms with Crippen molar-refractivity contribution in [2.75, 3.05) is 7.11 Å². The molecule has 0 aromatic rings. The zero-order valence-corrected chi connectivity index (χ0v) is 16.0. The van der Waals surface area contributed by atoms with Crippen LogP contribution in [-0.4, -0.2) is 13.2 Å². The summed E-state index contributed by atoms with van der Waals surface area (Å²) in [5, 5.41) is 0. The molecular weight excluding hydrogens is 280 g/mol. The van der Waals surface area contributed by atoms with Crippen molar-refractivity contribution in [1.29, 1.82) is 0 Å². The summed E-state index contributed by atoms with van der Waals surface area (Å²) in [6.07, 6.45) is 24.0. The van der Waals surface area contributed by atoms with Gasteiger partial charge in [0.25, 0.3) is 0 Å². The lowest BCUT2D eigenvalue weighted by atomic mass is 9.76. The van der Waals surface area contributed by atoms with Gasteiger partial charge in [-0.15, -0.1) is 0 Å². The lowest BCUT2D eigenvalue weighted by molar-refractivity contribution is 0.0540. The highest BCUT2D eigenvalue weighted by Crippen LogP contribution is 2.37. The Morgan fingerprint density at radius 2 is 1.09 bits per heavy atom. The topological polar surface area (TPSA) is 9.23 Å². The fourth-order valence-corrected chi connectivity index (χ4v) is 4.97. The van der Waals surface area contributed by atoms with Gasteiger partial charge in [0, 0.05) is 7.11 Å². The third-order valence-electron chi connectivity index (χ3n) is 6.79. The predicted octanol–water partition coefficient (Wildman–Crippen LogP) is 7.14. The first kappa shape index (κ1) is 19.3. The van der Waals surface area contributed by atoms with Gasteiger partial charge in [-0.05, 0) is 43.4 Å². The molecule has 0 aromatic carbocycles. The van der Waals surface area contributed by atoms with Gasteiger partial charge in [-0.2, -0.15) is 0 Å². The smallest absolute Gasteiger partial charge is 0.0571 e. The maximum absolute atomic E-state index is 5.50. The second-order valence-electron chi connectivity index (χ2n) is 8.55. The molecule has 2 aliphatic carbocycles. The molecule has 1 heteroatoms. The quantitative estimate of drug-likeness (QED) is 0.388. The summed E-state index contributed by atoms with van der Waals surface area (Å²) in [6, 6.07) is 0. The molecule has 136 valence electrons. The normalized spacial score (nSPS) is 32.1. The van der Waals surface area contributed by atoms with Gasteiger partial charge >= 0.3 is 0 Å². The highest BCUT2D eigenvalue weighted by atomic mass is 16.5. The van der Waals surface area contributed by atoms with E-state index in [0.29, 0.717) is 6.10 Å². The lowest BCUT2D eigenvalue weighted by Gasteiger charge is -2.31. The minimum Gasteiger partial charge on any atom is -0.381 e. The minimum atomic E-state index is 0.569. The number of hydrogen-bond donors (Lipinski definition) is 0. The number of unbranched alkanes of at least 4 members (excludes halogenated alkanes) is 4. The van der Waals surface area contributed by atoms with Crippen LogP contribution < -0.4 is 0 Å². The van der Waals surface area contributed by atoms with Crippen molar-refractivity contribution in [3.8, 4) is 0 Å². The molecule has 23 heavy (non-hydrogen) atoms. The molecule has 2 aliphatic rings. The molecule has 0 radical (unpaired) electrons. The van der Waals surface area contributed by atoms with Crippen LogP contribution in [-0.2, 0) is 4.74 Å². The highest BCUT2D eigenvalue weighted by molar-refractivity contribution is 4.77. The van der Waals surface area contributed by atoms with Crippen molar-refractivity contribution in [2.24, 2.45) is 17.8 Å². The Bertz CT molecular complexity index is 272. The van der Waals surface area contributed by atoms with Gasteiger partial charge in [-0.3, -0.25) is 0 Å². The molecule has 0 aliphatic heterocycles. The molecule has 1 nitrogen and oxygen atoms in total. The highest BCUT2D eigenvalue weighted by Gasteiger charge is 2.24. The van der Waals surface area contributed by atoms with Crippen molar-refractivity contribution < 1.29 is 4.74 Å². The van der Waals surface area contributed by atoms with E-state index in [-0.39, 0.29) is 0 Å². The Morgan fingerprint density at radius 1 is 0.609 bits per heavy atom. The van der Waals surface area contributed by atoms with Gasteiger partial charge in [0.05, 0.1) is 6.10 Å². The van der Waals surface area contributed by atoms with Gasteiger partial charge in [-0.25, -0.2) is 0 Å². The molecule has 0 N–H and O–H groups in total. The SMILES string of the molecule is CCCCCCC[C@H]1CC[C@H](CC[C@H]2CC[C@H](OC)CC2)CC1. The van der Waals surface area contributed by atoms with E-state index >= 15 is 0 Å². The Kier molecular flexibility index (Phi) is 9.65. The first-order chi connectivity index (χ1) is 11.3. The number of hydrogen-bond acceptors (Lipinski definition) is 1. The summed E-state index contributed by atoms with van der Waals surface area (Å²) >= 11 is 0. The second kappa shape index (κ2) is 11.5. The Hall–Kier alpha value is -0.0400. The zero-order valence-electron chi connectivity index (χ0n) is 16.0. The largest absolute Gasteiger partial charge is 0.381 e. The van der Waals surface area contributed by atoms with Gasteiger partial charge in [0.2, 0.25) is 0 Å². The molecule has 0 unspecified atom stereocenters. The van der Waals surface area contributed by atoms with Crippen LogP contribution in [0.15, 0.2) is 0 Å². The van der Waals surface area contributed by atoms with Crippen LogP contribution in [0.1, 0.15) is 110 Å². The summed E-state index contributed by atoms with van der Waals surface area (Å²) in [7, 11) is 1.88. The molecule has 0 bridgehead atoms. The standard InChI is InChI=1S/C22H42O/c1-3-4-5-6-7-8-19-9-11-20(12-10-19)13-14-21-15-17-22(23-2)18-16-21/h19-22H,3-18H2,1-2H3/t19-,20-,21-,22-. The van der Waals surface area contributed by atoms with Crippen molar-refractivity contribution >= 4 is 0 Å². The Balaban J connectivity index is 1.48. The van der Waals surface area contributed by atoms with Crippen LogP contribution >= 0.6 is 0 Å². The molecule has 2 fully saturated rings. The van der Waals surface area contributed by atoms with Crippen LogP contribution in [0, 0.1) is 17.8 Å². The van der Waals surface area contributed by atoms with Gasteiger partial charge in [-0.1, -0.05) is 84.0 Å². The van der Waals surface area contributed by atoms with Crippen LogP contribution in [0.3, 0.4) is 0 Å². The number of ether oxygens (including phenoxy) is 1. The minimum absolute atomic E-state index is 0.569. The molecule has 2 rings (SSSR count). The second-order valence-corrected chi connectivity index (χ2v) is 8.55. The fraction of sp³-hybridized carbons (Fsp3) is 1.00. The third-order valence-corrected chi connectivity index (χ3v) is 6.79. The van der Waals surface area contributed by atoms with E-state index in [2.05, 4.69) is 6.92 Å². The molecule has 0 saturated heterocycles. The van der Waals surface area contributed by atoms with E-state index in [1.807, 2.05) is 7.11 Å². The lowest BCUT2D eigenvalue weighted by Crippen LogP contribution is -2.21. The van der Waals surface area contributed by atoms with Crippen molar-refractivity contribution in [2.45, 2.75) is 116 Å². The molecule has 0 aromatic heterocycles. The molecule has 0 heterocycles. The van der Waals surface area contributed by atoms with E-state index < -0.39 is 0 Å². The summed E-state index contributed by atoms with van der Waals surface area (Å²) in [6.45, 7) is 2.31. The molecule has 2 saturated carbocycles. The Morgan fingerprint density at radius 3 is 1.61 bits per heavy atom. The van der Waals surface area contributed by atoms with E-state index in [0.717, 1.165) is 17.8 Å². The van der Waals surface area contributed by atoms with Crippen molar-refractivity contribution in [3.05, 3.63) is 0 Å². The number of rotatable bonds is 10. The monoisotopic (exact) mass is 322 g/mol. The summed E-state index contributed by atoms with van der Waals surface area (Å²) < 4.78 is 5.50. The summed E-state index contributed by atoms with van der Waals surface area (Å²) in [4.78, 5) is 0. The fourth-order valence-electron chi connectivity index (χ4n) is 4.97. The molecule has 0 spiro atoms. The van der Waals surface area contributed by atoms with Crippen LogP contribution in [0.2, 0.25) is 0 Å². The first-order valence-corrected chi connectivity index (χ1v) is 10.8. The zero-order chi connectivity index (χ0) is 16.3. The molecule has 0 atom stereocenters. The van der Waals surface area contributed by atoms with E-state index in [1.165, 1.54) is 103 Å². The van der Waals surface area contributed by atoms with E-state index in [1.54, 1.807) is 0 Å². The molecular formula is C22H42O. The average molecular weight is 323 g/mol. The average Bonchev–Trinajstić information content (AvgIpc) is 2.61.